The third-order valence-corrected chi connectivity index (χ3v) is 5.01. The highest BCUT2D eigenvalue weighted by atomic mass is 19.3. The number of amides is 2. The number of anilines is 1. The Kier molecular flexibility index (Phi) is 5.50. The van der Waals surface area contributed by atoms with Gasteiger partial charge in [0.15, 0.2) is 6.61 Å². The van der Waals surface area contributed by atoms with E-state index in [1.165, 1.54) is 29.4 Å². The average Bonchev–Trinajstić information content (AvgIpc) is 3.54. The Morgan fingerprint density at radius 3 is 2.68 bits per heavy atom. The Hall–Kier alpha value is -3.24. The molecule has 1 saturated carbocycles. The number of hydrogen-bond donors (Lipinski definition) is 1. The summed E-state index contributed by atoms with van der Waals surface area (Å²) in [6.45, 7) is -1.08. The minimum atomic E-state index is -4.27. The number of nitrogens with zero attached hydrogens (tertiary/aromatic N) is 3. The quantitative estimate of drug-likeness (QED) is 0.640. The zero-order valence-corrected chi connectivity index (χ0v) is 16.2. The van der Waals surface area contributed by atoms with Crippen molar-refractivity contribution in [3.8, 4) is 5.88 Å². The molecule has 1 aliphatic carbocycles. The number of alkyl halides is 4. The van der Waals surface area contributed by atoms with Crippen LogP contribution in [0.5, 0.6) is 5.88 Å². The van der Waals surface area contributed by atoms with Gasteiger partial charge in [-0.05, 0) is 24.5 Å². The second-order valence-corrected chi connectivity index (χ2v) is 7.47. The van der Waals surface area contributed by atoms with E-state index in [0.717, 1.165) is 12.8 Å². The van der Waals surface area contributed by atoms with Gasteiger partial charge in [0.25, 0.3) is 5.91 Å². The summed E-state index contributed by atoms with van der Waals surface area (Å²) in [7, 11) is 0. The maximum atomic E-state index is 12.9. The van der Waals surface area contributed by atoms with E-state index in [1.807, 2.05) is 0 Å². The number of rotatable bonds is 8. The molecule has 1 N–H and O–H groups in total. The first-order chi connectivity index (χ1) is 14.7. The second kappa shape index (κ2) is 8.12. The molecule has 2 aliphatic rings. The van der Waals surface area contributed by atoms with Crippen molar-refractivity contribution in [2.24, 2.45) is 5.92 Å². The van der Waals surface area contributed by atoms with Gasteiger partial charge in [-0.25, -0.2) is 18.7 Å². The fourth-order valence-electron chi connectivity index (χ4n) is 3.13. The number of carbonyl (C=O) groups excluding carboxylic acids is 2. The number of nitrogens with one attached hydrogen (secondary N) is 1. The van der Waals surface area contributed by atoms with Crippen molar-refractivity contribution in [3.63, 3.8) is 0 Å². The summed E-state index contributed by atoms with van der Waals surface area (Å²) in [6.07, 6.45) is 0.644. The first-order valence-electron chi connectivity index (χ1n) is 9.56. The van der Waals surface area contributed by atoms with E-state index < -0.39 is 19.0 Å². The smallest absolute Gasteiger partial charge is 0.340 e. The lowest BCUT2D eigenvalue weighted by atomic mass is 10.1. The van der Waals surface area contributed by atoms with Gasteiger partial charge in [0.1, 0.15) is 5.82 Å². The van der Waals surface area contributed by atoms with Crippen LogP contribution in [0.2, 0.25) is 0 Å². The molecule has 2 aromatic heterocycles. The molecule has 0 saturated heterocycles. The van der Waals surface area contributed by atoms with Crippen molar-refractivity contribution in [1.82, 2.24) is 14.9 Å². The highest BCUT2D eigenvalue weighted by molar-refractivity contribution is 6.01. The van der Waals surface area contributed by atoms with E-state index in [2.05, 4.69) is 20.0 Å². The standard InChI is InChI=1S/C20H18F4N4O3/c21-19(22)20(23,24)10-31-15-4-1-11(7-26-15)8-28-9-14-13(18(28)30)5-6-25-16(14)27-17(29)12-2-3-12/h1,4-7,12,19H,2-3,8-10H2,(H,25,27,29). The lowest BCUT2D eigenvalue weighted by Crippen LogP contribution is -2.33. The molecule has 2 aromatic rings. The number of hydrogen-bond acceptors (Lipinski definition) is 5. The van der Waals surface area contributed by atoms with Gasteiger partial charge in [-0.15, -0.1) is 0 Å². The van der Waals surface area contributed by atoms with Gasteiger partial charge < -0.3 is 15.0 Å². The van der Waals surface area contributed by atoms with Crippen molar-refractivity contribution in [1.29, 1.82) is 0 Å². The molecule has 4 rings (SSSR count). The van der Waals surface area contributed by atoms with E-state index >= 15 is 0 Å². The van der Waals surface area contributed by atoms with Crippen molar-refractivity contribution in [3.05, 3.63) is 47.3 Å². The van der Waals surface area contributed by atoms with Crippen molar-refractivity contribution < 1.29 is 31.9 Å². The average molecular weight is 438 g/mol. The summed E-state index contributed by atoms with van der Waals surface area (Å²) < 4.78 is 54.9. The predicted octanol–water partition coefficient (Wildman–Crippen LogP) is 3.26. The van der Waals surface area contributed by atoms with Crippen LogP contribution in [0.4, 0.5) is 23.4 Å². The van der Waals surface area contributed by atoms with Crippen LogP contribution in [0.3, 0.4) is 0 Å². The third kappa shape index (κ3) is 4.59. The number of pyridine rings is 2. The topological polar surface area (TPSA) is 84.4 Å². The number of fused-ring (bicyclic) bond motifs is 1. The van der Waals surface area contributed by atoms with Crippen molar-refractivity contribution in [2.45, 2.75) is 38.3 Å². The van der Waals surface area contributed by atoms with E-state index in [1.54, 1.807) is 6.07 Å². The number of aromatic nitrogens is 2. The Balaban J connectivity index is 1.39. The molecule has 0 atom stereocenters. The molecule has 7 nitrogen and oxygen atoms in total. The molecule has 0 radical (unpaired) electrons. The van der Waals surface area contributed by atoms with Gasteiger partial charge in [0.05, 0.1) is 6.54 Å². The van der Waals surface area contributed by atoms with Crippen LogP contribution in [0, 0.1) is 5.92 Å². The zero-order chi connectivity index (χ0) is 22.2. The predicted molar refractivity (Wildman–Crippen MR) is 99.9 cm³/mol. The minimum Gasteiger partial charge on any atom is -0.471 e. The summed E-state index contributed by atoms with van der Waals surface area (Å²) in [4.78, 5) is 34.3. The van der Waals surface area contributed by atoms with Gasteiger partial charge in [0, 0.05) is 42.0 Å². The van der Waals surface area contributed by atoms with E-state index in [0.29, 0.717) is 22.5 Å². The third-order valence-electron chi connectivity index (χ3n) is 5.01. The fourth-order valence-corrected chi connectivity index (χ4v) is 3.13. The van der Waals surface area contributed by atoms with Gasteiger partial charge in [-0.2, -0.15) is 8.78 Å². The number of carbonyl (C=O) groups is 2. The molecule has 3 heterocycles. The molecule has 164 valence electrons. The SMILES string of the molecule is O=C(Nc1nccc2c1CN(Cc1ccc(OCC(F)(F)C(F)F)nc1)C2=O)C1CC1. The molecule has 2 amide bonds. The van der Waals surface area contributed by atoms with Gasteiger partial charge >= 0.3 is 12.3 Å². The maximum absolute atomic E-state index is 12.9. The molecule has 11 heteroatoms. The van der Waals surface area contributed by atoms with E-state index in [4.69, 9.17) is 0 Å². The molecule has 31 heavy (non-hydrogen) atoms. The molecule has 0 bridgehead atoms. The lowest BCUT2D eigenvalue weighted by molar-refractivity contribution is -0.148. The minimum absolute atomic E-state index is 0.00156. The number of halogens is 4. The molecular weight excluding hydrogens is 420 g/mol. The summed E-state index contributed by atoms with van der Waals surface area (Å²) >= 11 is 0. The molecule has 1 aliphatic heterocycles. The van der Waals surface area contributed by atoms with Crippen LogP contribution in [0.15, 0.2) is 30.6 Å². The van der Waals surface area contributed by atoms with Crippen LogP contribution in [0.1, 0.15) is 34.3 Å². The highest BCUT2D eigenvalue weighted by Gasteiger charge is 2.42. The number of ether oxygens (including phenoxy) is 1. The molecule has 0 aromatic carbocycles. The van der Waals surface area contributed by atoms with Gasteiger partial charge in [-0.3, -0.25) is 9.59 Å². The van der Waals surface area contributed by atoms with Crippen molar-refractivity contribution in [2.75, 3.05) is 11.9 Å². The highest BCUT2D eigenvalue weighted by Crippen LogP contribution is 2.33. The van der Waals surface area contributed by atoms with Crippen LogP contribution >= 0.6 is 0 Å². The fraction of sp³-hybridized carbons (Fsp3) is 0.400. The maximum Gasteiger partial charge on any atom is 0.340 e. The Bertz CT molecular complexity index is 996. The van der Waals surface area contributed by atoms with Gasteiger partial charge in [0.2, 0.25) is 11.8 Å². The summed E-state index contributed by atoms with van der Waals surface area (Å²) in [5, 5.41) is 2.78. The Morgan fingerprint density at radius 2 is 2.03 bits per heavy atom. The Morgan fingerprint density at radius 1 is 1.26 bits per heavy atom. The zero-order valence-electron chi connectivity index (χ0n) is 16.2. The molecule has 0 spiro atoms. The molecular formula is C20H18F4N4O3. The summed E-state index contributed by atoms with van der Waals surface area (Å²) in [5.74, 6) is -4.48. The largest absolute Gasteiger partial charge is 0.471 e. The second-order valence-electron chi connectivity index (χ2n) is 7.47. The van der Waals surface area contributed by atoms with Crippen LogP contribution in [0.25, 0.3) is 0 Å². The molecule has 0 unspecified atom stereocenters. The normalized spacial score (nSPS) is 15.9. The van der Waals surface area contributed by atoms with Crippen LogP contribution in [-0.2, 0) is 17.9 Å². The monoisotopic (exact) mass is 438 g/mol. The van der Waals surface area contributed by atoms with Crippen LogP contribution < -0.4 is 10.1 Å². The van der Waals surface area contributed by atoms with Crippen LogP contribution in [-0.4, -0.2) is 45.6 Å². The molecule has 1 fully saturated rings. The van der Waals surface area contributed by atoms with Gasteiger partial charge in [-0.1, -0.05) is 6.07 Å². The summed E-state index contributed by atoms with van der Waals surface area (Å²) in [5.41, 5.74) is 1.66. The first kappa shape index (κ1) is 21.0. The van der Waals surface area contributed by atoms with E-state index in [-0.39, 0.29) is 36.7 Å². The lowest BCUT2D eigenvalue weighted by Gasteiger charge is -2.17. The van der Waals surface area contributed by atoms with Crippen molar-refractivity contribution >= 4 is 17.6 Å². The first-order valence-corrected chi connectivity index (χ1v) is 9.56. The Labute approximate surface area is 174 Å². The van der Waals surface area contributed by atoms with E-state index in [9.17, 15) is 27.2 Å². The summed E-state index contributed by atoms with van der Waals surface area (Å²) in [6, 6.07) is 4.36.